The van der Waals surface area contributed by atoms with E-state index in [9.17, 15) is 0 Å². The third-order valence-corrected chi connectivity index (χ3v) is 3.25. The lowest BCUT2D eigenvalue weighted by atomic mass is 9.89. The number of ether oxygens (including phenoxy) is 1. The van der Waals surface area contributed by atoms with Crippen LogP contribution in [0.4, 0.5) is 5.95 Å². The molecule has 82 valence electrons. The molecule has 3 heterocycles. The fourth-order valence-corrected chi connectivity index (χ4v) is 2.46. The third-order valence-electron chi connectivity index (χ3n) is 3.25. The van der Waals surface area contributed by atoms with E-state index in [1.54, 1.807) is 0 Å². The van der Waals surface area contributed by atoms with E-state index in [2.05, 4.69) is 10.1 Å². The molecule has 2 aliphatic heterocycles. The van der Waals surface area contributed by atoms with Crippen molar-refractivity contribution in [3.05, 3.63) is 5.89 Å². The second-order valence-corrected chi connectivity index (χ2v) is 4.54. The topological polar surface area (TPSA) is 51.4 Å². The molecule has 1 aromatic rings. The lowest BCUT2D eigenvalue weighted by Gasteiger charge is -2.13. The first kappa shape index (κ1) is 9.15. The molecule has 5 heteroatoms. The molecule has 0 N–H and O–H groups in total. The molecule has 15 heavy (non-hydrogen) atoms. The molecule has 0 spiro atoms. The van der Waals surface area contributed by atoms with Gasteiger partial charge in [-0.2, -0.15) is 4.98 Å². The van der Waals surface area contributed by atoms with Crippen molar-refractivity contribution in [3.8, 4) is 0 Å². The van der Waals surface area contributed by atoms with Gasteiger partial charge in [-0.25, -0.2) is 0 Å². The fraction of sp³-hybridized carbons (Fsp3) is 0.800. The van der Waals surface area contributed by atoms with Gasteiger partial charge in [-0.3, -0.25) is 0 Å². The summed E-state index contributed by atoms with van der Waals surface area (Å²) >= 11 is 0. The molecule has 2 fully saturated rings. The Balaban J connectivity index is 1.81. The summed E-state index contributed by atoms with van der Waals surface area (Å²) in [6.07, 6.45) is 4.10. The molecule has 3 rings (SSSR count). The molecule has 0 radical (unpaired) electrons. The highest BCUT2D eigenvalue weighted by molar-refractivity contribution is 5.25. The molecule has 2 bridgehead atoms. The molecule has 2 aliphatic rings. The van der Waals surface area contributed by atoms with Crippen LogP contribution < -0.4 is 4.90 Å². The van der Waals surface area contributed by atoms with Crippen molar-refractivity contribution in [1.82, 2.24) is 10.1 Å². The lowest BCUT2D eigenvalue weighted by molar-refractivity contribution is 0.0974. The van der Waals surface area contributed by atoms with Crippen molar-refractivity contribution >= 4 is 5.95 Å². The highest BCUT2D eigenvalue weighted by atomic mass is 16.5. The Morgan fingerprint density at radius 2 is 2.20 bits per heavy atom. The quantitative estimate of drug-likeness (QED) is 0.731. The standard InChI is InChI=1S/C10H15N3O2/c1-13(2)10-11-9(15-12-10)7-5-6-3-4-8(7)14-6/h6-8H,3-5H2,1-2H3/t6-,7-,8+/m1/s1. The minimum Gasteiger partial charge on any atom is -0.374 e. The Bertz CT molecular complexity index is 363. The van der Waals surface area contributed by atoms with Gasteiger partial charge >= 0.3 is 0 Å². The van der Waals surface area contributed by atoms with Gasteiger partial charge in [0.2, 0.25) is 5.89 Å². The molecule has 0 saturated carbocycles. The van der Waals surface area contributed by atoms with Gasteiger partial charge in [0.1, 0.15) is 0 Å². The lowest BCUT2D eigenvalue weighted by Crippen LogP contribution is -2.15. The molecule has 0 amide bonds. The average molecular weight is 209 g/mol. The van der Waals surface area contributed by atoms with Gasteiger partial charge in [0.25, 0.3) is 5.95 Å². The minimum atomic E-state index is 0.311. The van der Waals surface area contributed by atoms with Crippen molar-refractivity contribution in [2.45, 2.75) is 37.4 Å². The number of hydrogen-bond acceptors (Lipinski definition) is 5. The van der Waals surface area contributed by atoms with E-state index in [0.29, 0.717) is 24.1 Å². The fourth-order valence-electron chi connectivity index (χ4n) is 2.46. The van der Waals surface area contributed by atoms with Crippen molar-refractivity contribution in [2.24, 2.45) is 0 Å². The molecule has 0 unspecified atom stereocenters. The minimum absolute atomic E-state index is 0.311. The zero-order chi connectivity index (χ0) is 10.4. The largest absolute Gasteiger partial charge is 0.374 e. The highest BCUT2D eigenvalue weighted by Crippen LogP contribution is 2.43. The van der Waals surface area contributed by atoms with Gasteiger partial charge in [-0.05, 0) is 24.4 Å². The molecule has 2 saturated heterocycles. The molecule has 0 aliphatic carbocycles. The maximum absolute atomic E-state index is 5.77. The van der Waals surface area contributed by atoms with Crippen LogP contribution in [0.25, 0.3) is 0 Å². The van der Waals surface area contributed by atoms with Crippen LogP contribution in [0.3, 0.4) is 0 Å². The van der Waals surface area contributed by atoms with E-state index in [1.165, 1.54) is 6.42 Å². The van der Waals surface area contributed by atoms with Crippen LogP contribution in [-0.2, 0) is 4.74 Å². The zero-order valence-corrected chi connectivity index (χ0v) is 9.01. The Labute approximate surface area is 88.4 Å². The Morgan fingerprint density at radius 1 is 1.33 bits per heavy atom. The van der Waals surface area contributed by atoms with Gasteiger partial charge in [0, 0.05) is 14.1 Å². The summed E-state index contributed by atoms with van der Waals surface area (Å²) in [6.45, 7) is 0. The van der Waals surface area contributed by atoms with E-state index in [1.807, 2.05) is 19.0 Å². The number of aromatic nitrogens is 2. The van der Waals surface area contributed by atoms with Crippen molar-refractivity contribution in [3.63, 3.8) is 0 Å². The van der Waals surface area contributed by atoms with E-state index in [0.717, 1.165) is 18.7 Å². The maximum atomic E-state index is 5.77. The van der Waals surface area contributed by atoms with Crippen molar-refractivity contribution in [1.29, 1.82) is 0 Å². The van der Waals surface area contributed by atoms with Crippen LogP contribution in [0.1, 0.15) is 31.1 Å². The predicted octanol–water partition coefficient (Wildman–Crippen LogP) is 1.17. The summed E-state index contributed by atoms with van der Waals surface area (Å²) in [4.78, 5) is 6.23. The SMILES string of the molecule is CN(C)c1noc([C@@H]2C[C@H]3CC[C@@H]2O3)n1. The van der Waals surface area contributed by atoms with Crippen molar-refractivity contribution < 1.29 is 9.26 Å². The summed E-state index contributed by atoms with van der Waals surface area (Å²) in [5, 5.41) is 3.93. The summed E-state index contributed by atoms with van der Waals surface area (Å²) in [7, 11) is 3.82. The number of nitrogens with zero attached hydrogens (tertiary/aromatic N) is 3. The van der Waals surface area contributed by atoms with Crippen LogP contribution in [-0.4, -0.2) is 36.4 Å². The van der Waals surface area contributed by atoms with Gasteiger partial charge in [-0.15, -0.1) is 0 Å². The highest BCUT2D eigenvalue weighted by Gasteiger charge is 2.44. The second-order valence-electron chi connectivity index (χ2n) is 4.54. The van der Waals surface area contributed by atoms with E-state index >= 15 is 0 Å². The van der Waals surface area contributed by atoms with Gasteiger partial charge < -0.3 is 14.2 Å². The molecular formula is C10H15N3O2. The summed E-state index contributed by atoms with van der Waals surface area (Å²) in [5.74, 6) is 1.71. The first-order chi connectivity index (χ1) is 7.24. The number of hydrogen-bond donors (Lipinski definition) is 0. The van der Waals surface area contributed by atoms with E-state index in [4.69, 9.17) is 9.26 Å². The Hall–Kier alpha value is -1.10. The van der Waals surface area contributed by atoms with Gasteiger partial charge in [0.05, 0.1) is 18.1 Å². The second kappa shape index (κ2) is 3.20. The van der Waals surface area contributed by atoms with Crippen molar-refractivity contribution in [2.75, 3.05) is 19.0 Å². The number of fused-ring (bicyclic) bond motifs is 2. The summed E-state index contributed by atoms with van der Waals surface area (Å²) < 4.78 is 11.0. The number of anilines is 1. The van der Waals surface area contributed by atoms with Crippen LogP contribution >= 0.6 is 0 Å². The smallest absolute Gasteiger partial charge is 0.265 e. The predicted molar refractivity (Wildman–Crippen MR) is 53.9 cm³/mol. The van der Waals surface area contributed by atoms with Crippen LogP contribution in [0.2, 0.25) is 0 Å². The first-order valence-electron chi connectivity index (χ1n) is 5.40. The third kappa shape index (κ3) is 1.42. The monoisotopic (exact) mass is 209 g/mol. The van der Waals surface area contributed by atoms with Crippen LogP contribution in [0.5, 0.6) is 0 Å². The maximum Gasteiger partial charge on any atom is 0.265 e. The molecule has 1 aromatic heterocycles. The molecule has 0 aromatic carbocycles. The van der Waals surface area contributed by atoms with Gasteiger partial charge in [0.15, 0.2) is 0 Å². The molecular weight excluding hydrogens is 194 g/mol. The number of rotatable bonds is 2. The average Bonchev–Trinajstić information content (AvgIpc) is 2.93. The zero-order valence-electron chi connectivity index (χ0n) is 9.01. The van der Waals surface area contributed by atoms with Crippen LogP contribution in [0.15, 0.2) is 4.52 Å². The Morgan fingerprint density at radius 3 is 2.73 bits per heavy atom. The van der Waals surface area contributed by atoms with Gasteiger partial charge in [-0.1, -0.05) is 0 Å². The van der Waals surface area contributed by atoms with E-state index < -0.39 is 0 Å². The molecule has 5 nitrogen and oxygen atoms in total. The summed E-state index contributed by atoms with van der Waals surface area (Å²) in [5.41, 5.74) is 0. The first-order valence-corrected chi connectivity index (χ1v) is 5.40. The van der Waals surface area contributed by atoms with Crippen LogP contribution in [0, 0.1) is 0 Å². The normalized spacial score (nSPS) is 33.6. The molecule has 3 atom stereocenters. The Kier molecular flexibility index (Phi) is 1.95. The van der Waals surface area contributed by atoms with E-state index in [-0.39, 0.29) is 0 Å². The summed E-state index contributed by atoms with van der Waals surface area (Å²) in [6, 6.07) is 0.